The quantitative estimate of drug-likeness (QED) is 0.621. The van der Waals surface area contributed by atoms with E-state index in [9.17, 15) is 4.79 Å². The Balaban J connectivity index is 0.000000574. The van der Waals surface area contributed by atoms with Crippen LogP contribution in [0.3, 0.4) is 0 Å². The lowest BCUT2D eigenvalue weighted by Gasteiger charge is -2.39. The number of carbonyl (C=O) groups excluding carboxylic acids is 1. The van der Waals surface area contributed by atoms with E-state index in [2.05, 4.69) is 9.88 Å². The van der Waals surface area contributed by atoms with Crippen LogP contribution in [-0.2, 0) is 16.9 Å². The third-order valence-electron chi connectivity index (χ3n) is 3.59. The van der Waals surface area contributed by atoms with Crippen LogP contribution < -0.4 is 0 Å². The fourth-order valence-electron chi connectivity index (χ4n) is 2.79. The van der Waals surface area contributed by atoms with Crippen molar-refractivity contribution in [1.29, 1.82) is 0 Å². The maximum Gasteiger partial charge on any atom is 0.237 e. The first-order valence-electron chi connectivity index (χ1n) is 6.41. The van der Waals surface area contributed by atoms with Crippen LogP contribution in [0.4, 0.5) is 0 Å². The Labute approximate surface area is 109 Å². The standard InChI is InChI=1S/C10H13BN4O.C2H6/c1-13-4-2-10(7-13)9(16)15(11)6-8-12-3-5-14(8)10;1-2/h3,5H,2,4,6-7H2,1H3;1-2H3. The summed E-state index contributed by atoms with van der Waals surface area (Å²) in [6.45, 7) is 6.03. The SMILES string of the molecule is CC.[B]N1Cc2nccn2C2(CCN(C)C2)C1=O. The zero-order chi connectivity index (χ0) is 13.3. The predicted molar refractivity (Wildman–Crippen MR) is 70.0 cm³/mol. The monoisotopic (exact) mass is 246 g/mol. The summed E-state index contributed by atoms with van der Waals surface area (Å²) < 4.78 is 2.00. The van der Waals surface area contributed by atoms with Crippen LogP contribution in [0.1, 0.15) is 26.1 Å². The fraction of sp³-hybridized carbons (Fsp3) is 0.667. The van der Waals surface area contributed by atoms with Crippen molar-refractivity contribution in [3.05, 3.63) is 18.2 Å². The van der Waals surface area contributed by atoms with Gasteiger partial charge in [0, 0.05) is 25.5 Å². The van der Waals surface area contributed by atoms with Crippen molar-refractivity contribution in [2.75, 3.05) is 20.1 Å². The zero-order valence-corrected chi connectivity index (χ0v) is 11.3. The Morgan fingerprint density at radius 3 is 2.78 bits per heavy atom. The maximum absolute atomic E-state index is 12.3. The average Bonchev–Trinajstić information content (AvgIpc) is 2.97. The molecule has 3 rings (SSSR count). The molecule has 0 aromatic carbocycles. The highest BCUT2D eigenvalue weighted by Crippen LogP contribution is 2.34. The van der Waals surface area contributed by atoms with Crippen molar-refractivity contribution in [3.63, 3.8) is 0 Å². The second kappa shape index (κ2) is 4.76. The topological polar surface area (TPSA) is 41.4 Å². The van der Waals surface area contributed by atoms with Crippen LogP contribution in [0.5, 0.6) is 0 Å². The van der Waals surface area contributed by atoms with Gasteiger partial charge in [-0.05, 0) is 13.5 Å². The molecule has 18 heavy (non-hydrogen) atoms. The molecule has 2 radical (unpaired) electrons. The van der Waals surface area contributed by atoms with E-state index in [1.54, 1.807) is 6.20 Å². The maximum atomic E-state index is 12.3. The Morgan fingerprint density at radius 2 is 2.17 bits per heavy atom. The Kier molecular flexibility index (Phi) is 3.48. The lowest BCUT2D eigenvalue weighted by atomic mass is 9.92. The molecule has 0 bridgehead atoms. The number of aromatic nitrogens is 2. The first kappa shape index (κ1) is 13.1. The van der Waals surface area contributed by atoms with Crippen LogP contribution in [0.2, 0.25) is 0 Å². The molecule has 3 heterocycles. The van der Waals surface area contributed by atoms with Crippen molar-refractivity contribution < 1.29 is 4.79 Å². The van der Waals surface area contributed by atoms with Crippen molar-refractivity contribution in [2.45, 2.75) is 32.4 Å². The Bertz CT molecular complexity index is 447. The van der Waals surface area contributed by atoms with Gasteiger partial charge in [0.05, 0.1) is 6.54 Å². The number of carbonyl (C=O) groups is 1. The minimum atomic E-state index is -0.520. The number of likely N-dealkylation sites (tertiary alicyclic amines) is 1. The van der Waals surface area contributed by atoms with Crippen molar-refractivity contribution >= 4 is 13.9 Å². The second-order valence-electron chi connectivity index (χ2n) is 4.67. The number of amides is 1. The van der Waals surface area contributed by atoms with E-state index in [1.165, 1.54) is 4.81 Å². The molecule has 1 fully saturated rings. The molecule has 0 aliphatic carbocycles. The second-order valence-corrected chi connectivity index (χ2v) is 4.67. The summed E-state index contributed by atoms with van der Waals surface area (Å²) in [5.74, 6) is 0.875. The summed E-state index contributed by atoms with van der Waals surface area (Å²) in [7, 11) is 7.79. The third-order valence-corrected chi connectivity index (χ3v) is 3.59. The molecule has 1 saturated heterocycles. The van der Waals surface area contributed by atoms with E-state index in [0.29, 0.717) is 13.1 Å². The first-order chi connectivity index (χ1) is 8.63. The minimum absolute atomic E-state index is 0.00218. The van der Waals surface area contributed by atoms with Crippen molar-refractivity contribution in [3.8, 4) is 0 Å². The highest BCUT2D eigenvalue weighted by Gasteiger charge is 2.49. The largest absolute Gasteiger partial charge is 0.388 e. The molecule has 1 aromatic rings. The molecule has 0 saturated carbocycles. The van der Waals surface area contributed by atoms with Crippen molar-refractivity contribution in [1.82, 2.24) is 19.3 Å². The number of imidazole rings is 1. The summed E-state index contributed by atoms with van der Waals surface area (Å²) in [4.78, 5) is 20.0. The summed E-state index contributed by atoms with van der Waals surface area (Å²) in [5.41, 5.74) is -0.520. The van der Waals surface area contributed by atoms with Crippen LogP contribution in [0, 0.1) is 0 Å². The normalized spacial score (nSPS) is 27.1. The van der Waals surface area contributed by atoms with Gasteiger partial charge in [-0.1, -0.05) is 13.8 Å². The Morgan fingerprint density at radius 1 is 1.44 bits per heavy atom. The lowest BCUT2D eigenvalue weighted by Crippen LogP contribution is -2.55. The van der Waals surface area contributed by atoms with E-state index in [0.717, 1.165) is 18.8 Å². The summed E-state index contributed by atoms with van der Waals surface area (Å²) in [6, 6.07) is 0. The average molecular weight is 246 g/mol. The van der Waals surface area contributed by atoms with Crippen LogP contribution >= 0.6 is 0 Å². The number of fused-ring (bicyclic) bond motifs is 2. The van der Waals surface area contributed by atoms with E-state index in [-0.39, 0.29) is 5.91 Å². The van der Waals surface area contributed by atoms with Crippen LogP contribution in [0.15, 0.2) is 12.4 Å². The molecule has 1 amide bonds. The minimum Gasteiger partial charge on any atom is -0.388 e. The molecule has 1 aromatic heterocycles. The lowest BCUT2D eigenvalue weighted by molar-refractivity contribution is -0.138. The number of likely N-dealkylation sites (N-methyl/N-ethyl adjacent to an activating group) is 1. The molecular weight excluding hydrogens is 227 g/mol. The molecule has 1 spiro atoms. The van der Waals surface area contributed by atoms with Gasteiger partial charge in [-0.3, -0.25) is 4.79 Å². The van der Waals surface area contributed by atoms with Gasteiger partial charge in [0.2, 0.25) is 13.9 Å². The number of rotatable bonds is 0. The van der Waals surface area contributed by atoms with Gasteiger partial charge in [0.1, 0.15) is 11.4 Å². The highest BCUT2D eigenvalue weighted by molar-refractivity contribution is 6.16. The van der Waals surface area contributed by atoms with Crippen molar-refractivity contribution in [2.24, 2.45) is 0 Å². The molecule has 6 heteroatoms. The highest BCUT2D eigenvalue weighted by atomic mass is 16.2. The molecule has 5 nitrogen and oxygen atoms in total. The van der Waals surface area contributed by atoms with Gasteiger partial charge in [-0.2, -0.15) is 0 Å². The van der Waals surface area contributed by atoms with E-state index in [1.807, 2.05) is 31.7 Å². The number of hydrogen-bond acceptors (Lipinski definition) is 3. The van der Waals surface area contributed by atoms with Crippen LogP contribution in [-0.4, -0.2) is 53.3 Å². The molecular formula is C12H19BN4O. The van der Waals surface area contributed by atoms with Gasteiger partial charge in [-0.25, -0.2) is 4.98 Å². The van der Waals surface area contributed by atoms with Gasteiger partial charge >= 0.3 is 0 Å². The molecule has 2 aliphatic rings. The molecule has 96 valence electrons. The molecule has 2 aliphatic heterocycles. The molecule has 1 unspecified atom stereocenters. The summed E-state index contributed by atoms with van der Waals surface area (Å²) in [6.07, 6.45) is 4.43. The third kappa shape index (κ3) is 1.75. The van der Waals surface area contributed by atoms with E-state index >= 15 is 0 Å². The summed E-state index contributed by atoms with van der Waals surface area (Å²) >= 11 is 0. The van der Waals surface area contributed by atoms with Gasteiger partial charge in [-0.15, -0.1) is 0 Å². The van der Waals surface area contributed by atoms with Gasteiger partial charge in [0.15, 0.2) is 0 Å². The fourth-order valence-corrected chi connectivity index (χ4v) is 2.79. The zero-order valence-electron chi connectivity index (χ0n) is 11.3. The first-order valence-corrected chi connectivity index (χ1v) is 6.41. The summed E-state index contributed by atoms with van der Waals surface area (Å²) in [5, 5.41) is 0. The molecule has 1 atom stereocenters. The number of nitrogens with zero attached hydrogens (tertiary/aromatic N) is 4. The van der Waals surface area contributed by atoms with E-state index in [4.69, 9.17) is 7.98 Å². The Hall–Kier alpha value is -1.30. The van der Waals surface area contributed by atoms with Gasteiger partial charge < -0.3 is 14.3 Å². The number of hydrogen-bond donors (Lipinski definition) is 0. The predicted octanol–water partition coefficient (Wildman–Crippen LogP) is 0.366. The smallest absolute Gasteiger partial charge is 0.237 e. The van der Waals surface area contributed by atoms with Gasteiger partial charge in [0.25, 0.3) is 0 Å². The van der Waals surface area contributed by atoms with E-state index < -0.39 is 5.54 Å². The molecule has 0 N–H and O–H groups in total. The van der Waals surface area contributed by atoms with Crippen LogP contribution in [0.25, 0.3) is 0 Å².